The topological polar surface area (TPSA) is 47.7 Å². The molecule has 1 atom stereocenters. The van der Waals surface area contributed by atoms with Crippen LogP contribution in [0.3, 0.4) is 0 Å². The van der Waals surface area contributed by atoms with E-state index < -0.39 is 0 Å². The van der Waals surface area contributed by atoms with Crippen LogP contribution in [0.15, 0.2) is 18.6 Å². The van der Waals surface area contributed by atoms with Crippen molar-refractivity contribution < 1.29 is 0 Å². The van der Waals surface area contributed by atoms with E-state index in [1.807, 2.05) is 22.6 Å². The molecule has 0 saturated heterocycles. The van der Waals surface area contributed by atoms with E-state index in [2.05, 4.69) is 48.7 Å². The highest BCUT2D eigenvalue weighted by atomic mass is 15.3. The largest absolute Gasteiger partial charge is 0.306 e. The highest BCUT2D eigenvalue weighted by Gasteiger charge is 2.20. The van der Waals surface area contributed by atoms with Crippen LogP contribution in [0, 0.1) is 0 Å². The Kier molecular flexibility index (Phi) is 4.37. The summed E-state index contributed by atoms with van der Waals surface area (Å²) < 4.78 is 3.85. The smallest absolute Gasteiger partial charge is 0.0673 e. The zero-order valence-corrected chi connectivity index (χ0v) is 12.2. The van der Waals surface area contributed by atoms with Crippen molar-refractivity contribution in [3.8, 4) is 0 Å². The predicted octanol–water partition coefficient (Wildman–Crippen LogP) is 1.90. The highest BCUT2D eigenvalue weighted by molar-refractivity contribution is 5.31. The number of hydrogen-bond acceptors (Lipinski definition) is 3. The molecule has 5 nitrogen and oxygen atoms in total. The predicted molar refractivity (Wildman–Crippen MR) is 76.0 cm³/mol. The second-order valence-corrected chi connectivity index (χ2v) is 4.68. The zero-order chi connectivity index (χ0) is 13.8. The van der Waals surface area contributed by atoms with E-state index >= 15 is 0 Å². The molecular formula is C14H23N5. The molecule has 104 valence electrons. The van der Waals surface area contributed by atoms with Crippen LogP contribution in [0.5, 0.6) is 0 Å². The van der Waals surface area contributed by atoms with Crippen molar-refractivity contribution in [3.05, 3.63) is 35.4 Å². The average molecular weight is 261 g/mol. The van der Waals surface area contributed by atoms with Crippen molar-refractivity contribution >= 4 is 0 Å². The Morgan fingerprint density at radius 3 is 2.63 bits per heavy atom. The molecule has 5 heteroatoms. The summed E-state index contributed by atoms with van der Waals surface area (Å²) in [6, 6.07) is 0.175. The van der Waals surface area contributed by atoms with Gasteiger partial charge in [0.1, 0.15) is 0 Å². The van der Waals surface area contributed by atoms with Crippen LogP contribution in [-0.4, -0.2) is 26.1 Å². The fourth-order valence-corrected chi connectivity index (χ4v) is 2.38. The Bertz CT molecular complexity index is 526. The average Bonchev–Trinajstić information content (AvgIpc) is 3.02. The maximum absolute atomic E-state index is 4.53. The normalized spacial score (nSPS) is 12.8. The molecule has 0 radical (unpaired) electrons. The number of nitrogens with one attached hydrogen (secondary N) is 1. The second-order valence-electron chi connectivity index (χ2n) is 4.68. The minimum atomic E-state index is 0.175. The summed E-state index contributed by atoms with van der Waals surface area (Å²) in [4.78, 5) is 0. The van der Waals surface area contributed by atoms with Crippen LogP contribution >= 0.6 is 0 Å². The molecule has 0 aliphatic heterocycles. The van der Waals surface area contributed by atoms with E-state index in [1.54, 1.807) is 0 Å². The maximum atomic E-state index is 4.53. The molecule has 1 N–H and O–H groups in total. The van der Waals surface area contributed by atoms with Gasteiger partial charge in [-0.15, -0.1) is 0 Å². The van der Waals surface area contributed by atoms with Crippen LogP contribution in [0.4, 0.5) is 0 Å². The minimum absolute atomic E-state index is 0.175. The lowest BCUT2D eigenvalue weighted by Crippen LogP contribution is -2.22. The molecule has 0 aromatic carbocycles. The molecule has 2 rings (SSSR count). The molecule has 2 aromatic rings. The fraction of sp³-hybridized carbons (Fsp3) is 0.571. The molecule has 0 aliphatic rings. The molecule has 0 spiro atoms. The van der Waals surface area contributed by atoms with Gasteiger partial charge in [0.15, 0.2) is 0 Å². The molecule has 1 unspecified atom stereocenters. The van der Waals surface area contributed by atoms with Gasteiger partial charge in [-0.25, -0.2) is 0 Å². The number of aromatic nitrogens is 4. The van der Waals surface area contributed by atoms with Gasteiger partial charge < -0.3 is 5.32 Å². The summed E-state index contributed by atoms with van der Waals surface area (Å²) >= 11 is 0. The van der Waals surface area contributed by atoms with E-state index in [-0.39, 0.29) is 6.04 Å². The molecular weight excluding hydrogens is 238 g/mol. The molecule has 2 aromatic heterocycles. The van der Waals surface area contributed by atoms with Gasteiger partial charge in [0, 0.05) is 37.1 Å². The Balaban J connectivity index is 2.38. The number of hydrogen-bond donors (Lipinski definition) is 1. The van der Waals surface area contributed by atoms with Crippen LogP contribution in [0.2, 0.25) is 0 Å². The lowest BCUT2D eigenvalue weighted by atomic mass is 10.0. The summed E-state index contributed by atoms with van der Waals surface area (Å²) in [6.45, 7) is 8.18. The lowest BCUT2D eigenvalue weighted by Gasteiger charge is -2.16. The quantitative estimate of drug-likeness (QED) is 0.864. The first kappa shape index (κ1) is 13.8. The Morgan fingerprint density at radius 2 is 2.05 bits per heavy atom. The second kappa shape index (κ2) is 6.02. The first-order valence-electron chi connectivity index (χ1n) is 6.97. The Labute approximate surface area is 114 Å². The zero-order valence-electron chi connectivity index (χ0n) is 12.2. The van der Waals surface area contributed by atoms with Crippen molar-refractivity contribution in [2.75, 3.05) is 6.54 Å². The van der Waals surface area contributed by atoms with Crippen molar-refractivity contribution in [2.45, 2.75) is 39.8 Å². The fourth-order valence-electron chi connectivity index (χ4n) is 2.38. The Hall–Kier alpha value is -1.62. The highest BCUT2D eigenvalue weighted by Crippen LogP contribution is 2.24. The summed E-state index contributed by atoms with van der Waals surface area (Å²) in [7, 11) is 1.97. The van der Waals surface area contributed by atoms with E-state index in [1.165, 1.54) is 11.1 Å². The van der Waals surface area contributed by atoms with Crippen molar-refractivity contribution in [3.63, 3.8) is 0 Å². The van der Waals surface area contributed by atoms with E-state index in [9.17, 15) is 0 Å². The number of nitrogens with zero attached hydrogens (tertiary/aromatic N) is 4. The lowest BCUT2D eigenvalue weighted by molar-refractivity contribution is 0.620. The molecule has 0 aliphatic carbocycles. The summed E-state index contributed by atoms with van der Waals surface area (Å²) in [5.41, 5.74) is 3.60. The van der Waals surface area contributed by atoms with Crippen LogP contribution in [-0.2, 0) is 20.0 Å². The summed E-state index contributed by atoms with van der Waals surface area (Å²) in [5, 5.41) is 12.4. The molecule has 0 bridgehead atoms. The third kappa shape index (κ3) is 2.87. The molecule has 0 fully saturated rings. The van der Waals surface area contributed by atoms with Gasteiger partial charge in [0.05, 0.1) is 17.9 Å². The van der Waals surface area contributed by atoms with Gasteiger partial charge in [-0.05, 0) is 19.9 Å². The minimum Gasteiger partial charge on any atom is -0.306 e. The number of rotatable bonds is 6. The van der Waals surface area contributed by atoms with Crippen LogP contribution in [0.25, 0.3) is 0 Å². The van der Waals surface area contributed by atoms with Gasteiger partial charge in [-0.3, -0.25) is 9.36 Å². The molecule has 0 saturated carbocycles. The first-order valence-corrected chi connectivity index (χ1v) is 6.97. The van der Waals surface area contributed by atoms with Gasteiger partial charge in [0.2, 0.25) is 0 Å². The SMILES string of the molecule is CCNC(c1cnn(CC)c1)c1cn(C)nc1CC. The van der Waals surface area contributed by atoms with Crippen molar-refractivity contribution in [1.82, 2.24) is 24.9 Å². The molecule has 2 heterocycles. The van der Waals surface area contributed by atoms with Crippen molar-refractivity contribution in [2.24, 2.45) is 7.05 Å². The van der Waals surface area contributed by atoms with Crippen molar-refractivity contribution in [1.29, 1.82) is 0 Å². The van der Waals surface area contributed by atoms with Crippen LogP contribution in [0.1, 0.15) is 43.6 Å². The van der Waals surface area contributed by atoms with E-state index in [0.29, 0.717) is 0 Å². The summed E-state index contributed by atoms with van der Waals surface area (Å²) in [5.74, 6) is 0. The van der Waals surface area contributed by atoms with Gasteiger partial charge in [0.25, 0.3) is 0 Å². The molecule has 0 amide bonds. The maximum Gasteiger partial charge on any atom is 0.0673 e. The Morgan fingerprint density at radius 1 is 1.26 bits per heavy atom. The number of aryl methyl sites for hydroxylation is 3. The van der Waals surface area contributed by atoms with E-state index in [4.69, 9.17) is 0 Å². The third-order valence-corrected chi connectivity index (χ3v) is 3.30. The van der Waals surface area contributed by atoms with Gasteiger partial charge in [-0.1, -0.05) is 13.8 Å². The third-order valence-electron chi connectivity index (χ3n) is 3.30. The monoisotopic (exact) mass is 261 g/mol. The molecule has 19 heavy (non-hydrogen) atoms. The van der Waals surface area contributed by atoms with Gasteiger partial charge in [-0.2, -0.15) is 10.2 Å². The van der Waals surface area contributed by atoms with Crippen LogP contribution < -0.4 is 5.32 Å². The standard InChI is InChI=1S/C14H23N5/c1-5-13-12(10-18(4)17-13)14(15-6-2)11-8-16-19(7-3)9-11/h8-10,14-15H,5-7H2,1-4H3. The van der Waals surface area contributed by atoms with Gasteiger partial charge >= 0.3 is 0 Å². The summed E-state index contributed by atoms with van der Waals surface area (Å²) in [6.07, 6.45) is 7.11. The van der Waals surface area contributed by atoms with E-state index in [0.717, 1.165) is 25.2 Å². The first-order chi connectivity index (χ1) is 9.19.